The van der Waals surface area contributed by atoms with Crippen LogP contribution < -0.4 is 10.5 Å². The minimum absolute atomic E-state index is 0.110. The van der Waals surface area contributed by atoms with E-state index < -0.39 is 0 Å². The Bertz CT molecular complexity index is 864. The average Bonchev–Trinajstić information content (AvgIpc) is 2.63. The highest BCUT2D eigenvalue weighted by Crippen LogP contribution is 2.25. The lowest BCUT2D eigenvalue weighted by atomic mass is 10.0. The van der Waals surface area contributed by atoms with E-state index in [9.17, 15) is 8.78 Å². The molecular formula is C21H19F2NO. The van der Waals surface area contributed by atoms with Crippen LogP contribution in [-0.2, 0) is 19.6 Å². The molecular weight excluding hydrogens is 320 g/mol. The van der Waals surface area contributed by atoms with Crippen molar-refractivity contribution in [3.63, 3.8) is 0 Å². The van der Waals surface area contributed by atoms with Crippen LogP contribution in [0.4, 0.5) is 8.78 Å². The number of benzene rings is 3. The van der Waals surface area contributed by atoms with Gasteiger partial charge in [0.15, 0.2) is 0 Å². The fraction of sp³-hybridized carbons (Fsp3) is 0.143. The highest BCUT2D eigenvalue weighted by atomic mass is 19.1. The molecule has 0 bridgehead atoms. The lowest BCUT2D eigenvalue weighted by Gasteiger charge is -2.14. The largest absolute Gasteiger partial charge is 0.489 e. The van der Waals surface area contributed by atoms with E-state index in [4.69, 9.17) is 10.5 Å². The summed E-state index contributed by atoms with van der Waals surface area (Å²) in [6.45, 7) is 0.497. The maximum atomic E-state index is 14.0. The van der Waals surface area contributed by atoms with Crippen molar-refractivity contribution in [1.29, 1.82) is 0 Å². The maximum Gasteiger partial charge on any atom is 0.129 e. The average molecular weight is 339 g/mol. The first-order valence-electron chi connectivity index (χ1n) is 8.09. The molecule has 0 aromatic heterocycles. The van der Waals surface area contributed by atoms with Gasteiger partial charge in [-0.2, -0.15) is 0 Å². The Kier molecular flexibility index (Phi) is 5.41. The molecule has 0 atom stereocenters. The number of rotatable bonds is 6. The minimum atomic E-state index is -0.309. The van der Waals surface area contributed by atoms with E-state index in [0.717, 1.165) is 11.1 Å². The van der Waals surface area contributed by atoms with Gasteiger partial charge in [0, 0.05) is 18.5 Å². The topological polar surface area (TPSA) is 35.2 Å². The van der Waals surface area contributed by atoms with Gasteiger partial charge in [-0.05, 0) is 34.9 Å². The molecule has 0 unspecified atom stereocenters. The molecule has 4 heteroatoms. The summed E-state index contributed by atoms with van der Waals surface area (Å²) in [6, 6.07) is 18.7. The Morgan fingerprint density at radius 1 is 0.760 bits per heavy atom. The lowest BCUT2D eigenvalue weighted by Crippen LogP contribution is -2.04. The van der Waals surface area contributed by atoms with Gasteiger partial charge >= 0.3 is 0 Å². The van der Waals surface area contributed by atoms with Crippen molar-refractivity contribution in [2.24, 2.45) is 5.73 Å². The van der Waals surface area contributed by atoms with Gasteiger partial charge in [-0.15, -0.1) is 0 Å². The molecule has 2 nitrogen and oxygen atoms in total. The molecule has 0 amide bonds. The third-order valence-electron chi connectivity index (χ3n) is 4.04. The Morgan fingerprint density at radius 2 is 1.40 bits per heavy atom. The highest BCUT2D eigenvalue weighted by molar-refractivity contribution is 5.41. The number of ether oxygens (including phenoxy) is 1. The Hall–Kier alpha value is -2.72. The summed E-state index contributed by atoms with van der Waals surface area (Å²) in [5.41, 5.74) is 8.52. The second-order valence-corrected chi connectivity index (χ2v) is 5.79. The molecule has 0 heterocycles. The molecule has 0 aliphatic carbocycles. The standard InChI is InChI=1S/C21H19F2NO/c22-19-7-3-1-5-16(19)12-18-11-15(13-24)9-10-21(18)25-14-17-6-2-4-8-20(17)23/h1-11H,12-14,24H2. The van der Waals surface area contributed by atoms with Crippen LogP contribution in [0.5, 0.6) is 5.75 Å². The molecule has 128 valence electrons. The number of nitrogens with two attached hydrogens (primary N) is 1. The van der Waals surface area contributed by atoms with Gasteiger partial charge in [-0.3, -0.25) is 0 Å². The molecule has 2 N–H and O–H groups in total. The van der Waals surface area contributed by atoms with Crippen LogP contribution >= 0.6 is 0 Å². The zero-order valence-corrected chi connectivity index (χ0v) is 13.7. The van der Waals surface area contributed by atoms with Crippen molar-refractivity contribution in [3.05, 3.63) is 101 Å². The Balaban J connectivity index is 1.86. The zero-order valence-electron chi connectivity index (χ0n) is 13.7. The van der Waals surface area contributed by atoms with E-state index >= 15 is 0 Å². The first-order chi connectivity index (χ1) is 12.2. The first kappa shape index (κ1) is 17.1. The summed E-state index contributed by atoms with van der Waals surface area (Å²) in [7, 11) is 0. The van der Waals surface area contributed by atoms with E-state index in [1.165, 1.54) is 12.1 Å². The molecule has 3 aromatic rings. The van der Waals surface area contributed by atoms with E-state index in [1.54, 1.807) is 42.5 Å². The van der Waals surface area contributed by atoms with Gasteiger partial charge in [0.1, 0.15) is 24.0 Å². The van der Waals surface area contributed by atoms with Crippen molar-refractivity contribution >= 4 is 0 Å². The Morgan fingerprint density at radius 3 is 2.04 bits per heavy atom. The van der Waals surface area contributed by atoms with Crippen molar-refractivity contribution in [2.45, 2.75) is 19.6 Å². The molecule has 0 saturated heterocycles. The molecule has 0 spiro atoms. The summed E-state index contributed by atoms with van der Waals surface area (Å²) < 4.78 is 33.6. The van der Waals surface area contributed by atoms with Crippen molar-refractivity contribution in [1.82, 2.24) is 0 Å². The van der Waals surface area contributed by atoms with Crippen molar-refractivity contribution in [3.8, 4) is 5.75 Å². The van der Waals surface area contributed by atoms with Gasteiger partial charge < -0.3 is 10.5 Å². The first-order valence-corrected chi connectivity index (χ1v) is 8.09. The van der Waals surface area contributed by atoms with E-state index in [0.29, 0.717) is 29.8 Å². The van der Waals surface area contributed by atoms with Crippen LogP contribution in [0.1, 0.15) is 22.3 Å². The molecule has 3 rings (SSSR count). The van der Waals surface area contributed by atoms with E-state index in [-0.39, 0.29) is 18.2 Å². The molecule has 0 aliphatic rings. The zero-order chi connectivity index (χ0) is 17.6. The van der Waals surface area contributed by atoms with Crippen LogP contribution in [0, 0.1) is 11.6 Å². The summed E-state index contributed by atoms with van der Waals surface area (Å²) in [4.78, 5) is 0. The van der Waals surface area contributed by atoms with Crippen molar-refractivity contribution < 1.29 is 13.5 Å². The van der Waals surface area contributed by atoms with E-state index in [2.05, 4.69) is 0 Å². The van der Waals surface area contributed by atoms with Gasteiger partial charge in [0.25, 0.3) is 0 Å². The monoisotopic (exact) mass is 339 g/mol. The van der Waals surface area contributed by atoms with Gasteiger partial charge in [-0.1, -0.05) is 48.5 Å². The number of hydrogen-bond acceptors (Lipinski definition) is 2. The molecule has 0 saturated carbocycles. The molecule has 25 heavy (non-hydrogen) atoms. The highest BCUT2D eigenvalue weighted by Gasteiger charge is 2.10. The van der Waals surface area contributed by atoms with Crippen molar-refractivity contribution in [2.75, 3.05) is 0 Å². The van der Waals surface area contributed by atoms with Crippen LogP contribution in [0.2, 0.25) is 0 Å². The quantitative estimate of drug-likeness (QED) is 0.713. The summed E-state index contributed by atoms with van der Waals surface area (Å²) >= 11 is 0. The molecule has 0 aliphatic heterocycles. The Labute approximate surface area is 145 Å². The lowest BCUT2D eigenvalue weighted by molar-refractivity contribution is 0.297. The van der Waals surface area contributed by atoms with Gasteiger partial charge in [0.2, 0.25) is 0 Å². The SMILES string of the molecule is NCc1ccc(OCc2ccccc2F)c(Cc2ccccc2F)c1. The number of hydrogen-bond donors (Lipinski definition) is 1. The summed E-state index contributed by atoms with van der Waals surface area (Å²) in [5, 5.41) is 0. The van der Waals surface area contributed by atoms with E-state index in [1.807, 2.05) is 12.1 Å². The molecule has 0 fully saturated rings. The summed E-state index contributed by atoms with van der Waals surface area (Å²) in [5.74, 6) is 0.0288. The second-order valence-electron chi connectivity index (χ2n) is 5.79. The van der Waals surface area contributed by atoms with Crippen LogP contribution in [0.3, 0.4) is 0 Å². The third-order valence-corrected chi connectivity index (χ3v) is 4.04. The predicted molar refractivity (Wildman–Crippen MR) is 94.3 cm³/mol. The van der Waals surface area contributed by atoms with Crippen LogP contribution in [0.25, 0.3) is 0 Å². The second kappa shape index (κ2) is 7.90. The third kappa shape index (κ3) is 4.22. The van der Waals surface area contributed by atoms with Crippen LogP contribution in [0.15, 0.2) is 66.7 Å². The smallest absolute Gasteiger partial charge is 0.129 e. The van der Waals surface area contributed by atoms with Crippen LogP contribution in [-0.4, -0.2) is 0 Å². The summed E-state index contributed by atoms with van der Waals surface area (Å²) in [6.07, 6.45) is 0.382. The molecule has 0 radical (unpaired) electrons. The van der Waals surface area contributed by atoms with Gasteiger partial charge in [-0.25, -0.2) is 8.78 Å². The normalized spacial score (nSPS) is 10.7. The minimum Gasteiger partial charge on any atom is -0.489 e. The van der Waals surface area contributed by atoms with Gasteiger partial charge in [0.05, 0.1) is 0 Å². The molecule has 3 aromatic carbocycles. The maximum absolute atomic E-state index is 14.0. The number of halogens is 2. The predicted octanol–water partition coefficient (Wildman–Crippen LogP) is 4.59. The fourth-order valence-corrected chi connectivity index (χ4v) is 2.66. The fourth-order valence-electron chi connectivity index (χ4n) is 2.66.